The number of esters is 2. The van der Waals surface area contributed by atoms with Gasteiger partial charge >= 0.3 is 11.9 Å². The van der Waals surface area contributed by atoms with E-state index in [9.17, 15) is 14.0 Å². The van der Waals surface area contributed by atoms with Gasteiger partial charge in [-0.25, -0.2) is 14.0 Å². The summed E-state index contributed by atoms with van der Waals surface area (Å²) in [5.74, 6) is -2.40. The molecule has 0 fully saturated rings. The Morgan fingerprint density at radius 1 is 1.15 bits per heavy atom. The summed E-state index contributed by atoms with van der Waals surface area (Å²) >= 11 is 0. The monoisotopic (exact) mass is 194 g/mol. The molecule has 13 heavy (non-hydrogen) atoms. The van der Waals surface area contributed by atoms with Crippen molar-refractivity contribution in [3.63, 3.8) is 0 Å². The van der Waals surface area contributed by atoms with Gasteiger partial charge in [-0.05, 0) is 13.8 Å². The Bertz CT molecular complexity index is 152. The molecule has 78 valence electrons. The molecule has 0 bridgehead atoms. The number of ether oxygens (including phenoxy) is 2. The number of alkyl halides is 1. The Kier molecular flexibility index (Phi) is 8.32. The number of rotatable bonds is 4. The summed E-state index contributed by atoms with van der Waals surface area (Å²) in [7, 11) is 0. The molecule has 0 N–H and O–H groups in total. The highest BCUT2D eigenvalue weighted by Gasteiger charge is 2.28. The summed E-state index contributed by atoms with van der Waals surface area (Å²) < 4.78 is 21.1. The van der Waals surface area contributed by atoms with Gasteiger partial charge in [0.05, 0.1) is 13.2 Å². The summed E-state index contributed by atoms with van der Waals surface area (Å²) in [5, 5.41) is 0. The van der Waals surface area contributed by atoms with Crippen LogP contribution in [0.4, 0.5) is 4.39 Å². The first-order chi connectivity index (χ1) is 5.63. The normalized spacial score (nSPS) is 8.92. The molecule has 0 rings (SSSR count). The van der Waals surface area contributed by atoms with Gasteiger partial charge in [0.25, 0.3) is 6.17 Å². The lowest BCUT2D eigenvalue weighted by Crippen LogP contribution is -2.29. The van der Waals surface area contributed by atoms with E-state index in [2.05, 4.69) is 9.47 Å². The molecule has 0 aliphatic rings. The molecule has 0 saturated heterocycles. The van der Waals surface area contributed by atoms with E-state index >= 15 is 0 Å². The predicted octanol–water partition coefficient (Wildman–Crippen LogP) is 1.09. The lowest BCUT2D eigenvalue weighted by atomic mass is 10.4. The summed E-state index contributed by atoms with van der Waals surface area (Å²) in [6.07, 6.45) is -2.31. The van der Waals surface area contributed by atoms with Crippen molar-refractivity contribution in [2.45, 2.75) is 27.4 Å². The minimum atomic E-state index is -2.31. The van der Waals surface area contributed by atoms with Crippen LogP contribution in [-0.4, -0.2) is 31.3 Å². The van der Waals surface area contributed by atoms with Crippen LogP contribution in [0.1, 0.15) is 21.3 Å². The molecule has 0 heterocycles. The van der Waals surface area contributed by atoms with Crippen LogP contribution in [0, 0.1) is 0 Å². The standard InChI is InChI=1S/C7H11FO4.CH4/c1-3-11-6(9)5(8)7(10)12-4-2;/h5H,3-4H2,1-2H3;1H4. The van der Waals surface area contributed by atoms with Gasteiger partial charge in [0.15, 0.2) is 0 Å². The third-order valence-corrected chi connectivity index (χ3v) is 0.987. The van der Waals surface area contributed by atoms with Crippen LogP contribution in [0.5, 0.6) is 0 Å². The Morgan fingerprint density at radius 2 is 1.46 bits per heavy atom. The summed E-state index contributed by atoms with van der Waals surface area (Å²) in [5.41, 5.74) is 0. The number of hydrogen-bond donors (Lipinski definition) is 0. The van der Waals surface area contributed by atoms with E-state index in [-0.39, 0.29) is 20.6 Å². The Labute approximate surface area is 77.0 Å². The van der Waals surface area contributed by atoms with Gasteiger partial charge in [-0.15, -0.1) is 0 Å². The molecule has 0 radical (unpaired) electrons. The van der Waals surface area contributed by atoms with Gasteiger partial charge in [0.2, 0.25) is 0 Å². The lowest BCUT2D eigenvalue weighted by Gasteiger charge is -2.05. The van der Waals surface area contributed by atoms with Crippen LogP contribution in [0.2, 0.25) is 0 Å². The highest BCUT2D eigenvalue weighted by molar-refractivity contribution is 5.97. The molecule has 0 amide bonds. The molecule has 0 aromatic rings. The van der Waals surface area contributed by atoms with Crippen LogP contribution in [0.25, 0.3) is 0 Å². The van der Waals surface area contributed by atoms with E-state index < -0.39 is 18.1 Å². The first-order valence-corrected chi connectivity index (χ1v) is 3.60. The van der Waals surface area contributed by atoms with E-state index in [0.717, 1.165) is 0 Å². The molecule has 0 spiro atoms. The zero-order chi connectivity index (χ0) is 9.56. The van der Waals surface area contributed by atoms with E-state index in [1.54, 1.807) is 0 Å². The van der Waals surface area contributed by atoms with E-state index in [0.29, 0.717) is 0 Å². The minimum Gasteiger partial charge on any atom is -0.463 e. The third kappa shape index (κ3) is 5.16. The zero-order valence-electron chi connectivity index (χ0n) is 7.00. The first kappa shape index (κ1) is 14.4. The fourth-order valence-corrected chi connectivity index (χ4v) is 0.527. The minimum absolute atomic E-state index is 0. The highest BCUT2D eigenvalue weighted by Crippen LogP contribution is 1.98. The number of hydrogen-bond acceptors (Lipinski definition) is 4. The number of halogens is 1. The molecule has 0 saturated carbocycles. The van der Waals surface area contributed by atoms with Gasteiger partial charge in [0, 0.05) is 0 Å². The maximum absolute atomic E-state index is 12.6. The number of carbonyl (C=O) groups is 2. The second-order valence-corrected chi connectivity index (χ2v) is 1.87. The van der Waals surface area contributed by atoms with Gasteiger partial charge in [-0.1, -0.05) is 7.43 Å². The second-order valence-electron chi connectivity index (χ2n) is 1.87. The molecule has 0 aromatic heterocycles. The molecule has 0 aliphatic carbocycles. The second kappa shape index (κ2) is 7.52. The van der Waals surface area contributed by atoms with Crippen molar-refractivity contribution in [1.82, 2.24) is 0 Å². The maximum Gasteiger partial charge on any atom is 0.352 e. The Hall–Kier alpha value is -1.13. The molecule has 5 heteroatoms. The average Bonchev–Trinajstić information content (AvgIpc) is 2.04. The molecule has 0 unspecified atom stereocenters. The van der Waals surface area contributed by atoms with Crippen molar-refractivity contribution >= 4 is 11.9 Å². The third-order valence-electron chi connectivity index (χ3n) is 0.987. The zero-order valence-corrected chi connectivity index (χ0v) is 7.00. The molecule has 0 atom stereocenters. The summed E-state index contributed by atoms with van der Waals surface area (Å²) in [6.45, 7) is 3.13. The van der Waals surface area contributed by atoms with Crippen molar-refractivity contribution in [3.05, 3.63) is 0 Å². The smallest absolute Gasteiger partial charge is 0.352 e. The van der Waals surface area contributed by atoms with E-state index in [1.807, 2.05) is 0 Å². The lowest BCUT2D eigenvalue weighted by molar-refractivity contribution is -0.162. The molecule has 4 nitrogen and oxygen atoms in total. The van der Waals surface area contributed by atoms with Crippen molar-refractivity contribution < 1.29 is 23.5 Å². The van der Waals surface area contributed by atoms with Crippen molar-refractivity contribution in [3.8, 4) is 0 Å². The van der Waals surface area contributed by atoms with E-state index in [4.69, 9.17) is 0 Å². The van der Waals surface area contributed by atoms with Crippen LogP contribution in [-0.2, 0) is 19.1 Å². The van der Waals surface area contributed by atoms with E-state index in [1.165, 1.54) is 13.8 Å². The number of carbonyl (C=O) groups excluding carboxylic acids is 2. The van der Waals surface area contributed by atoms with Crippen LogP contribution >= 0.6 is 0 Å². The Morgan fingerprint density at radius 3 is 1.69 bits per heavy atom. The van der Waals surface area contributed by atoms with Crippen LogP contribution < -0.4 is 0 Å². The summed E-state index contributed by atoms with van der Waals surface area (Å²) in [6, 6.07) is 0. The van der Waals surface area contributed by atoms with Crippen LogP contribution in [0.15, 0.2) is 0 Å². The first-order valence-electron chi connectivity index (χ1n) is 3.60. The molecule has 0 aliphatic heterocycles. The average molecular weight is 194 g/mol. The van der Waals surface area contributed by atoms with Gasteiger partial charge < -0.3 is 9.47 Å². The highest BCUT2D eigenvalue weighted by atomic mass is 19.1. The molecule has 0 aromatic carbocycles. The van der Waals surface area contributed by atoms with Crippen molar-refractivity contribution in [2.75, 3.05) is 13.2 Å². The van der Waals surface area contributed by atoms with Gasteiger partial charge in [0.1, 0.15) is 0 Å². The summed E-state index contributed by atoms with van der Waals surface area (Å²) in [4.78, 5) is 21.1. The molecular formula is C8H15FO4. The van der Waals surface area contributed by atoms with Gasteiger partial charge in [-0.2, -0.15) is 0 Å². The topological polar surface area (TPSA) is 52.6 Å². The van der Waals surface area contributed by atoms with Gasteiger partial charge in [-0.3, -0.25) is 0 Å². The molecular weight excluding hydrogens is 179 g/mol. The van der Waals surface area contributed by atoms with Crippen molar-refractivity contribution in [2.24, 2.45) is 0 Å². The predicted molar refractivity (Wildman–Crippen MR) is 44.9 cm³/mol. The SMILES string of the molecule is C.CCOC(=O)C(F)C(=O)OCC. The fraction of sp³-hybridized carbons (Fsp3) is 0.750. The largest absolute Gasteiger partial charge is 0.463 e. The van der Waals surface area contributed by atoms with Crippen molar-refractivity contribution in [1.29, 1.82) is 0 Å². The van der Waals surface area contributed by atoms with Crippen LogP contribution in [0.3, 0.4) is 0 Å². The quantitative estimate of drug-likeness (QED) is 0.496. The fourth-order valence-electron chi connectivity index (χ4n) is 0.527. The Balaban J connectivity index is 0. The maximum atomic E-state index is 12.6.